The van der Waals surface area contributed by atoms with E-state index >= 15 is 0 Å². The molecule has 194 valence electrons. The average Bonchev–Trinajstić information content (AvgIpc) is 2.81. The van der Waals surface area contributed by atoms with Gasteiger partial charge in [-0.25, -0.2) is 8.42 Å². The molecule has 0 spiro atoms. The zero-order valence-electron chi connectivity index (χ0n) is 19.9. The second kappa shape index (κ2) is 9.58. The molecule has 3 aliphatic rings. The lowest BCUT2D eigenvalue weighted by atomic mass is 9.88. The number of thiocarbonyl (C=S) groups is 1. The van der Waals surface area contributed by atoms with E-state index in [9.17, 15) is 26.7 Å². The Kier molecular flexibility index (Phi) is 7.13. The molecule has 4 rings (SSSR count). The number of aliphatic hydroxyl groups is 1. The fraction of sp³-hybridized carbons (Fsp3) is 0.480. The highest BCUT2D eigenvalue weighted by Gasteiger charge is 2.51. The topological polar surface area (TPSA) is 70.1 Å². The van der Waals surface area contributed by atoms with Crippen LogP contribution >= 0.6 is 12.2 Å². The van der Waals surface area contributed by atoms with Crippen LogP contribution in [0.1, 0.15) is 31.4 Å². The van der Waals surface area contributed by atoms with Crippen LogP contribution in [0.3, 0.4) is 0 Å². The third-order valence-corrected chi connectivity index (χ3v) is 9.11. The van der Waals surface area contributed by atoms with Gasteiger partial charge in [-0.1, -0.05) is 42.3 Å². The van der Waals surface area contributed by atoms with Crippen LogP contribution in [0.15, 0.2) is 41.3 Å². The molecule has 0 unspecified atom stereocenters. The van der Waals surface area contributed by atoms with E-state index in [4.69, 9.17) is 17.0 Å². The first-order chi connectivity index (χ1) is 16.7. The van der Waals surface area contributed by atoms with Crippen molar-refractivity contribution in [2.45, 2.75) is 32.0 Å². The molecule has 2 aliphatic heterocycles. The van der Waals surface area contributed by atoms with Gasteiger partial charge in [-0.15, -0.1) is 0 Å². The summed E-state index contributed by atoms with van der Waals surface area (Å²) in [7, 11) is -3.74. The number of anilines is 1. The van der Waals surface area contributed by atoms with Gasteiger partial charge in [0.1, 0.15) is 0 Å². The van der Waals surface area contributed by atoms with Crippen molar-refractivity contribution in [1.29, 1.82) is 0 Å². The quantitative estimate of drug-likeness (QED) is 0.466. The summed E-state index contributed by atoms with van der Waals surface area (Å²) in [5.41, 5.74) is -2.83. The van der Waals surface area contributed by atoms with Crippen LogP contribution in [0.25, 0.3) is 0 Å². The van der Waals surface area contributed by atoms with Gasteiger partial charge in [0.05, 0.1) is 29.2 Å². The van der Waals surface area contributed by atoms with Crippen molar-refractivity contribution in [3.63, 3.8) is 0 Å². The van der Waals surface area contributed by atoms with E-state index in [1.807, 2.05) is 11.8 Å². The predicted molar refractivity (Wildman–Crippen MR) is 135 cm³/mol. The number of benzene rings is 1. The Morgan fingerprint density at radius 3 is 2.39 bits per heavy atom. The number of halogens is 3. The lowest BCUT2D eigenvalue weighted by molar-refractivity contribution is -0.258. The first-order valence-electron chi connectivity index (χ1n) is 11.4. The number of alkyl halides is 3. The van der Waals surface area contributed by atoms with Crippen LogP contribution in [-0.4, -0.2) is 68.3 Å². The molecule has 0 aromatic heterocycles. The highest BCUT2D eigenvalue weighted by Crippen LogP contribution is 2.40. The summed E-state index contributed by atoms with van der Waals surface area (Å²) in [6.07, 6.45) is 0.529. The summed E-state index contributed by atoms with van der Waals surface area (Å²) < 4.78 is 73.3. The van der Waals surface area contributed by atoms with Crippen molar-refractivity contribution in [1.82, 2.24) is 4.31 Å². The molecule has 0 amide bonds. The summed E-state index contributed by atoms with van der Waals surface area (Å²) in [6, 6.07) is 4.01. The van der Waals surface area contributed by atoms with Crippen molar-refractivity contribution >= 4 is 32.8 Å². The molecule has 1 aromatic carbocycles. The van der Waals surface area contributed by atoms with Crippen LogP contribution in [0.2, 0.25) is 0 Å². The Balaban J connectivity index is 1.61. The maximum atomic E-state index is 13.5. The van der Waals surface area contributed by atoms with Gasteiger partial charge in [-0.3, -0.25) is 0 Å². The van der Waals surface area contributed by atoms with E-state index in [0.717, 1.165) is 0 Å². The molecule has 1 atom stereocenters. The van der Waals surface area contributed by atoms with E-state index in [-0.39, 0.29) is 23.6 Å². The summed E-state index contributed by atoms with van der Waals surface area (Å²) in [5, 5.41) is 10.2. The number of sulfonamides is 1. The minimum Gasteiger partial charge on any atom is -0.378 e. The van der Waals surface area contributed by atoms with Gasteiger partial charge in [0, 0.05) is 43.0 Å². The highest BCUT2D eigenvalue weighted by molar-refractivity contribution is 7.96. The van der Waals surface area contributed by atoms with Crippen LogP contribution in [0.4, 0.5) is 18.9 Å². The van der Waals surface area contributed by atoms with Gasteiger partial charge in [-0.05, 0) is 37.6 Å². The first kappa shape index (κ1) is 26.8. The summed E-state index contributed by atoms with van der Waals surface area (Å²) >= 11 is 5.24. The van der Waals surface area contributed by atoms with E-state index in [1.54, 1.807) is 12.2 Å². The highest BCUT2D eigenvalue weighted by atomic mass is 32.2. The second-order valence-corrected chi connectivity index (χ2v) is 12.0. The van der Waals surface area contributed by atoms with Gasteiger partial charge in [0.25, 0.3) is 0 Å². The Bertz CT molecular complexity index is 1280. The van der Waals surface area contributed by atoms with Crippen LogP contribution < -0.4 is 4.90 Å². The average molecular weight is 541 g/mol. The number of nitrogens with zero attached hydrogens (tertiary/aromatic N) is 2. The lowest BCUT2D eigenvalue weighted by Gasteiger charge is -2.37. The third kappa shape index (κ3) is 5.10. The summed E-state index contributed by atoms with van der Waals surface area (Å²) in [5.74, 6) is 6.09. The molecule has 1 aliphatic carbocycles. The number of piperazine rings is 1. The van der Waals surface area contributed by atoms with Crippen molar-refractivity contribution in [3.8, 4) is 11.8 Å². The van der Waals surface area contributed by atoms with E-state index in [2.05, 4.69) is 11.8 Å². The van der Waals surface area contributed by atoms with E-state index in [0.29, 0.717) is 55.8 Å². The lowest BCUT2D eigenvalue weighted by Crippen LogP contribution is -2.49. The zero-order valence-corrected chi connectivity index (χ0v) is 21.6. The second-order valence-electron chi connectivity index (χ2n) is 9.58. The van der Waals surface area contributed by atoms with Crippen molar-refractivity contribution < 1.29 is 31.4 Å². The van der Waals surface area contributed by atoms with Gasteiger partial charge in [-0.2, -0.15) is 17.5 Å². The van der Waals surface area contributed by atoms with Gasteiger partial charge < -0.3 is 14.7 Å². The normalized spacial score (nSPS) is 22.2. The van der Waals surface area contributed by atoms with Gasteiger partial charge >= 0.3 is 6.18 Å². The largest absolute Gasteiger partial charge is 0.421 e. The Morgan fingerprint density at radius 2 is 1.83 bits per heavy atom. The molecule has 2 fully saturated rings. The number of ether oxygens (including phenoxy) is 1. The number of hydrogen-bond acceptors (Lipinski definition) is 6. The Labute approximate surface area is 214 Å². The molecular formula is C25H27F3N2O4S2. The minimum absolute atomic E-state index is 0.134. The molecule has 0 bridgehead atoms. The predicted octanol–water partition coefficient (Wildman–Crippen LogP) is 3.51. The molecule has 6 nitrogen and oxygen atoms in total. The first-order valence-corrected chi connectivity index (χ1v) is 13.3. The van der Waals surface area contributed by atoms with E-state index in [1.165, 1.54) is 28.6 Å². The molecule has 1 N–H and O–H groups in total. The molecule has 11 heteroatoms. The molecule has 1 aromatic rings. The number of hydrogen-bond donors (Lipinski definition) is 1. The van der Waals surface area contributed by atoms with E-state index < -0.39 is 27.2 Å². The SMILES string of the molecule is CC1(C#Cc2cc([C@](C)(O)C(F)(F)F)ccc2N2CCN(S(=O)(=O)C3=CC=CCC3=S)CC2)COC1. The van der Waals surface area contributed by atoms with Crippen LogP contribution in [0.5, 0.6) is 0 Å². The molecule has 2 saturated heterocycles. The number of allylic oxidation sites excluding steroid dienone is 4. The van der Waals surface area contributed by atoms with Crippen LogP contribution in [0, 0.1) is 17.3 Å². The monoisotopic (exact) mass is 540 g/mol. The summed E-state index contributed by atoms with van der Waals surface area (Å²) in [6.45, 7) is 4.49. The molecule has 2 heterocycles. The maximum absolute atomic E-state index is 13.5. The Morgan fingerprint density at radius 1 is 1.17 bits per heavy atom. The van der Waals surface area contributed by atoms with Crippen molar-refractivity contribution in [2.24, 2.45) is 5.41 Å². The van der Waals surface area contributed by atoms with Crippen molar-refractivity contribution in [2.75, 3.05) is 44.3 Å². The third-order valence-electron chi connectivity index (χ3n) is 6.61. The maximum Gasteiger partial charge on any atom is 0.421 e. The zero-order chi connectivity index (χ0) is 26.4. The molecule has 0 radical (unpaired) electrons. The molecular weight excluding hydrogens is 513 g/mol. The number of rotatable bonds is 4. The van der Waals surface area contributed by atoms with Crippen LogP contribution in [-0.2, 0) is 20.4 Å². The fourth-order valence-electron chi connectivity index (χ4n) is 4.14. The Hall–Kier alpha value is -2.23. The molecule has 36 heavy (non-hydrogen) atoms. The van der Waals surface area contributed by atoms with Crippen molar-refractivity contribution in [3.05, 3.63) is 52.5 Å². The van der Waals surface area contributed by atoms with Gasteiger partial charge in [0.15, 0.2) is 5.60 Å². The van der Waals surface area contributed by atoms with Gasteiger partial charge in [0.2, 0.25) is 10.0 Å². The minimum atomic E-state index is -4.86. The smallest absolute Gasteiger partial charge is 0.378 e. The standard InChI is InChI=1S/C25H27F3N2O4S2/c1-23(16-34-17-23)10-9-18-15-19(24(2,31)25(26,27)28)7-8-20(18)29-11-13-30(14-12-29)36(32,33)22-6-4-3-5-21(22)35/h3-4,6-8,15,31H,5,11-14,16-17H2,1-2H3/t24-/m0/s1. The molecule has 0 saturated carbocycles. The summed E-state index contributed by atoms with van der Waals surface area (Å²) in [4.78, 5) is 2.41. The fourth-order valence-corrected chi connectivity index (χ4v) is 6.16.